The quantitative estimate of drug-likeness (QED) is 0.890. The fourth-order valence-corrected chi connectivity index (χ4v) is 2.76. The number of methoxy groups -OCH3 is 1. The minimum atomic E-state index is -0.0992. The van der Waals surface area contributed by atoms with Crippen LogP contribution in [0.5, 0.6) is 11.5 Å². The Labute approximate surface area is 146 Å². The van der Waals surface area contributed by atoms with Crippen molar-refractivity contribution in [1.82, 2.24) is 14.8 Å². The molecule has 1 aliphatic heterocycles. The number of benzene rings is 1. The van der Waals surface area contributed by atoms with Gasteiger partial charge in [0.05, 0.1) is 7.11 Å². The van der Waals surface area contributed by atoms with Crippen LogP contribution in [0, 0.1) is 0 Å². The Kier molecular flexibility index (Phi) is 5.23. The van der Waals surface area contributed by atoms with Crippen molar-refractivity contribution in [3.63, 3.8) is 0 Å². The van der Waals surface area contributed by atoms with Crippen molar-refractivity contribution >= 4 is 11.8 Å². The number of hydrogen-bond donors (Lipinski definition) is 1. The Morgan fingerprint density at radius 1 is 1.00 bits per heavy atom. The standard InChI is InChI=1S/C18H21N3O4/c1-24-15-6-2-3-7-16(15)25-13-17(22)20-9-11-21(12-10-20)18(23)14-5-4-8-19-14/h2-8,19H,9-13H2,1H3. The van der Waals surface area contributed by atoms with E-state index < -0.39 is 0 Å². The van der Waals surface area contributed by atoms with Crippen molar-refractivity contribution in [3.8, 4) is 11.5 Å². The first kappa shape index (κ1) is 16.9. The summed E-state index contributed by atoms with van der Waals surface area (Å²) in [4.78, 5) is 31.0. The number of aromatic amines is 1. The second-order valence-electron chi connectivity index (χ2n) is 5.70. The highest BCUT2D eigenvalue weighted by Gasteiger charge is 2.25. The van der Waals surface area contributed by atoms with E-state index in [2.05, 4.69) is 4.98 Å². The van der Waals surface area contributed by atoms with E-state index in [1.54, 1.807) is 47.4 Å². The molecule has 1 fully saturated rings. The normalized spacial score (nSPS) is 14.3. The number of ether oxygens (including phenoxy) is 2. The highest BCUT2D eigenvalue weighted by molar-refractivity contribution is 5.92. The van der Waals surface area contributed by atoms with E-state index >= 15 is 0 Å². The Morgan fingerprint density at radius 2 is 1.68 bits per heavy atom. The maximum atomic E-state index is 12.3. The van der Waals surface area contributed by atoms with E-state index in [1.165, 1.54) is 0 Å². The number of rotatable bonds is 5. The first-order chi connectivity index (χ1) is 12.2. The molecule has 132 valence electrons. The van der Waals surface area contributed by atoms with Crippen LogP contribution in [0.3, 0.4) is 0 Å². The van der Waals surface area contributed by atoms with E-state index in [1.807, 2.05) is 12.1 Å². The van der Waals surface area contributed by atoms with Crippen LogP contribution in [0.1, 0.15) is 10.5 Å². The van der Waals surface area contributed by atoms with Gasteiger partial charge < -0.3 is 24.3 Å². The van der Waals surface area contributed by atoms with E-state index in [0.717, 1.165) is 0 Å². The summed E-state index contributed by atoms with van der Waals surface area (Å²) >= 11 is 0. The second kappa shape index (κ2) is 7.74. The van der Waals surface area contributed by atoms with Gasteiger partial charge in [-0.2, -0.15) is 0 Å². The van der Waals surface area contributed by atoms with Crippen molar-refractivity contribution in [3.05, 3.63) is 48.3 Å². The predicted octanol–water partition coefficient (Wildman–Crippen LogP) is 1.39. The third-order valence-corrected chi connectivity index (χ3v) is 4.17. The highest BCUT2D eigenvalue weighted by atomic mass is 16.5. The zero-order valence-electron chi connectivity index (χ0n) is 14.1. The number of nitrogens with one attached hydrogen (secondary N) is 1. The largest absolute Gasteiger partial charge is 0.493 e. The lowest BCUT2D eigenvalue weighted by atomic mass is 10.2. The molecule has 1 aliphatic rings. The third kappa shape index (κ3) is 3.93. The molecule has 7 nitrogen and oxygen atoms in total. The lowest BCUT2D eigenvalue weighted by Crippen LogP contribution is -2.51. The average molecular weight is 343 g/mol. The van der Waals surface area contributed by atoms with E-state index in [-0.39, 0.29) is 18.4 Å². The summed E-state index contributed by atoms with van der Waals surface area (Å²) in [5.74, 6) is 0.996. The van der Waals surface area contributed by atoms with Crippen molar-refractivity contribution < 1.29 is 19.1 Å². The fourth-order valence-electron chi connectivity index (χ4n) is 2.76. The number of amides is 2. The molecule has 1 aromatic heterocycles. The van der Waals surface area contributed by atoms with Crippen LogP contribution < -0.4 is 9.47 Å². The van der Waals surface area contributed by atoms with Crippen LogP contribution in [0.4, 0.5) is 0 Å². The molecule has 2 aromatic rings. The summed E-state index contributed by atoms with van der Waals surface area (Å²) in [6, 6.07) is 10.8. The molecule has 0 atom stereocenters. The fraction of sp³-hybridized carbons (Fsp3) is 0.333. The molecule has 0 unspecified atom stereocenters. The summed E-state index contributed by atoms with van der Waals surface area (Å²) in [5.41, 5.74) is 0.569. The number of hydrogen-bond acceptors (Lipinski definition) is 4. The van der Waals surface area contributed by atoms with Crippen LogP contribution in [0.2, 0.25) is 0 Å². The molecule has 0 spiro atoms. The molecule has 0 saturated carbocycles. The topological polar surface area (TPSA) is 74.9 Å². The van der Waals surface area contributed by atoms with E-state index in [4.69, 9.17) is 9.47 Å². The molecule has 0 aliphatic carbocycles. The SMILES string of the molecule is COc1ccccc1OCC(=O)N1CCN(C(=O)c2ccc[nH]2)CC1. The monoisotopic (exact) mass is 343 g/mol. The molecule has 1 N–H and O–H groups in total. The third-order valence-electron chi connectivity index (χ3n) is 4.17. The highest BCUT2D eigenvalue weighted by Crippen LogP contribution is 2.25. The van der Waals surface area contributed by atoms with Crippen LogP contribution >= 0.6 is 0 Å². The Bertz CT molecular complexity index is 722. The number of aromatic nitrogens is 1. The molecule has 2 heterocycles. The maximum Gasteiger partial charge on any atom is 0.270 e. The summed E-state index contributed by atoms with van der Waals surface area (Å²) in [6.07, 6.45) is 1.72. The van der Waals surface area contributed by atoms with Gasteiger partial charge in [-0.15, -0.1) is 0 Å². The number of piperazine rings is 1. The summed E-state index contributed by atoms with van der Waals surface area (Å²) in [5, 5.41) is 0. The Hall–Kier alpha value is -2.96. The first-order valence-corrected chi connectivity index (χ1v) is 8.15. The molecule has 0 radical (unpaired) electrons. The number of carbonyl (C=O) groups is 2. The van der Waals surface area contributed by atoms with Gasteiger partial charge in [0.2, 0.25) is 0 Å². The van der Waals surface area contributed by atoms with Crippen LogP contribution in [0.25, 0.3) is 0 Å². The average Bonchev–Trinajstić information content (AvgIpc) is 3.20. The molecular formula is C18H21N3O4. The van der Waals surface area contributed by atoms with E-state index in [9.17, 15) is 9.59 Å². The molecule has 7 heteroatoms. The Morgan fingerprint density at radius 3 is 2.32 bits per heavy atom. The van der Waals surface area contributed by atoms with Gasteiger partial charge in [0.25, 0.3) is 11.8 Å². The molecule has 1 saturated heterocycles. The van der Waals surface area contributed by atoms with Crippen molar-refractivity contribution in [1.29, 1.82) is 0 Å². The lowest BCUT2D eigenvalue weighted by molar-refractivity contribution is -0.134. The molecule has 0 bridgehead atoms. The zero-order chi connectivity index (χ0) is 17.6. The molecular weight excluding hydrogens is 322 g/mol. The lowest BCUT2D eigenvalue weighted by Gasteiger charge is -2.34. The van der Waals surface area contributed by atoms with Gasteiger partial charge in [-0.05, 0) is 24.3 Å². The minimum absolute atomic E-state index is 0.0395. The van der Waals surface area contributed by atoms with Gasteiger partial charge in [0, 0.05) is 32.4 Å². The summed E-state index contributed by atoms with van der Waals surface area (Å²) < 4.78 is 10.8. The molecule has 25 heavy (non-hydrogen) atoms. The van der Waals surface area contributed by atoms with Crippen LogP contribution in [0.15, 0.2) is 42.6 Å². The van der Waals surface area contributed by atoms with Crippen LogP contribution in [-0.2, 0) is 4.79 Å². The molecule has 2 amide bonds. The number of carbonyl (C=O) groups excluding carboxylic acids is 2. The van der Waals surface area contributed by atoms with Gasteiger partial charge in [0.15, 0.2) is 18.1 Å². The number of nitrogens with zero attached hydrogens (tertiary/aromatic N) is 2. The minimum Gasteiger partial charge on any atom is -0.493 e. The van der Waals surface area contributed by atoms with Gasteiger partial charge >= 0.3 is 0 Å². The van der Waals surface area contributed by atoms with Gasteiger partial charge in [-0.1, -0.05) is 12.1 Å². The number of H-pyrrole nitrogens is 1. The summed E-state index contributed by atoms with van der Waals surface area (Å²) in [7, 11) is 1.56. The smallest absolute Gasteiger partial charge is 0.270 e. The molecule has 1 aromatic carbocycles. The van der Waals surface area contributed by atoms with E-state index in [0.29, 0.717) is 43.4 Å². The molecule has 3 rings (SSSR count). The van der Waals surface area contributed by atoms with Crippen molar-refractivity contribution in [2.75, 3.05) is 39.9 Å². The van der Waals surface area contributed by atoms with Crippen molar-refractivity contribution in [2.45, 2.75) is 0 Å². The summed E-state index contributed by atoms with van der Waals surface area (Å²) in [6.45, 7) is 1.97. The number of para-hydroxylation sites is 2. The predicted molar refractivity (Wildman–Crippen MR) is 91.8 cm³/mol. The van der Waals surface area contributed by atoms with Gasteiger partial charge in [-0.25, -0.2) is 0 Å². The van der Waals surface area contributed by atoms with Gasteiger partial charge in [-0.3, -0.25) is 9.59 Å². The first-order valence-electron chi connectivity index (χ1n) is 8.15. The van der Waals surface area contributed by atoms with Gasteiger partial charge in [0.1, 0.15) is 5.69 Å². The van der Waals surface area contributed by atoms with Crippen LogP contribution in [-0.4, -0.2) is 66.5 Å². The Balaban J connectivity index is 1.49. The zero-order valence-corrected chi connectivity index (χ0v) is 14.1. The van der Waals surface area contributed by atoms with Crippen molar-refractivity contribution in [2.24, 2.45) is 0 Å². The maximum absolute atomic E-state index is 12.3. The second-order valence-corrected chi connectivity index (χ2v) is 5.70.